The van der Waals surface area contributed by atoms with E-state index in [1.807, 2.05) is 12.1 Å². The van der Waals surface area contributed by atoms with Crippen LogP contribution in [-0.2, 0) is 9.59 Å². The number of carboxylic acids is 1. The third-order valence-corrected chi connectivity index (χ3v) is 5.09. The van der Waals surface area contributed by atoms with Gasteiger partial charge in [-0.2, -0.15) is 0 Å². The number of nitrogens with zero attached hydrogens (tertiary/aromatic N) is 2. The minimum absolute atomic E-state index is 0.285. The van der Waals surface area contributed by atoms with Crippen LogP contribution in [0.5, 0.6) is 0 Å². The first kappa shape index (κ1) is 19.5. The summed E-state index contributed by atoms with van der Waals surface area (Å²) in [6.45, 7) is 5.96. The highest BCUT2D eigenvalue weighted by Crippen LogP contribution is 2.32. The summed E-state index contributed by atoms with van der Waals surface area (Å²) in [4.78, 5) is 27.0. The molecule has 25 heavy (non-hydrogen) atoms. The van der Waals surface area contributed by atoms with Crippen LogP contribution < -0.4 is 4.90 Å². The lowest BCUT2D eigenvalue weighted by Crippen LogP contribution is -2.33. The normalized spacial score (nSPS) is 15.9. The Hall–Kier alpha value is -1.86. The predicted octanol–water partition coefficient (Wildman–Crippen LogP) is 3.60. The number of hydrogen-bond acceptors (Lipinski definition) is 5. The van der Waals surface area contributed by atoms with Crippen LogP contribution in [0.4, 0.5) is 5.69 Å². The van der Waals surface area contributed by atoms with Crippen molar-refractivity contribution >= 4 is 51.9 Å². The molecule has 0 spiro atoms. The molecule has 0 radical (unpaired) electrons. The first-order chi connectivity index (χ1) is 12.0. The van der Waals surface area contributed by atoms with E-state index in [4.69, 9.17) is 17.3 Å². The Morgan fingerprint density at radius 3 is 2.36 bits per heavy atom. The summed E-state index contributed by atoms with van der Waals surface area (Å²) in [5, 5.41) is 8.87. The molecular weight excluding hydrogens is 356 g/mol. The van der Waals surface area contributed by atoms with E-state index in [0.29, 0.717) is 4.91 Å². The fraction of sp³-hybridized carbons (Fsp3) is 0.389. The topological polar surface area (TPSA) is 60.9 Å². The molecule has 0 aliphatic carbocycles. The van der Waals surface area contributed by atoms with E-state index in [2.05, 4.69) is 30.9 Å². The van der Waals surface area contributed by atoms with Crippen LogP contribution in [0.25, 0.3) is 6.08 Å². The maximum absolute atomic E-state index is 12.3. The van der Waals surface area contributed by atoms with E-state index in [1.165, 1.54) is 5.69 Å². The molecule has 1 aliphatic rings. The van der Waals surface area contributed by atoms with Gasteiger partial charge in [0.05, 0.1) is 4.91 Å². The lowest BCUT2D eigenvalue weighted by Gasteiger charge is -2.23. The highest BCUT2D eigenvalue weighted by molar-refractivity contribution is 8.26. The van der Waals surface area contributed by atoms with Gasteiger partial charge >= 0.3 is 5.97 Å². The second-order valence-corrected chi connectivity index (χ2v) is 7.42. The predicted molar refractivity (Wildman–Crippen MR) is 107 cm³/mol. The van der Waals surface area contributed by atoms with Gasteiger partial charge in [-0.05, 0) is 36.6 Å². The van der Waals surface area contributed by atoms with E-state index in [-0.39, 0.29) is 10.2 Å². The first-order valence-electron chi connectivity index (χ1n) is 8.28. The fourth-order valence-electron chi connectivity index (χ4n) is 2.61. The average molecular weight is 379 g/mol. The quantitative estimate of drug-likeness (QED) is 0.551. The number of benzene rings is 1. The molecule has 134 valence electrons. The van der Waals surface area contributed by atoms with Gasteiger partial charge < -0.3 is 10.0 Å². The molecule has 0 saturated carbocycles. The SMILES string of the molecule is CCCN(CCC)c1ccc(/C=C2\SC(=S)N(CC(=O)O)C2=O)cc1. The van der Waals surface area contributed by atoms with Gasteiger partial charge in [0.2, 0.25) is 0 Å². The van der Waals surface area contributed by atoms with Crippen molar-refractivity contribution in [2.45, 2.75) is 26.7 Å². The summed E-state index contributed by atoms with van der Waals surface area (Å²) in [6.07, 6.45) is 3.94. The van der Waals surface area contributed by atoms with Gasteiger partial charge in [-0.1, -0.05) is 50.0 Å². The molecule has 0 unspecified atom stereocenters. The monoisotopic (exact) mass is 378 g/mol. The molecule has 1 aliphatic heterocycles. The molecule has 1 N–H and O–H groups in total. The second kappa shape index (κ2) is 9.01. The van der Waals surface area contributed by atoms with E-state index in [1.54, 1.807) is 6.08 Å². The maximum Gasteiger partial charge on any atom is 0.323 e. The molecule has 7 heteroatoms. The van der Waals surface area contributed by atoms with Crippen LogP contribution in [0.3, 0.4) is 0 Å². The zero-order valence-corrected chi connectivity index (χ0v) is 16.0. The minimum Gasteiger partial charge on any atom is -0.480 e. The highest BCUT2D eigenvalue weighted by atomic mass is 32.2. The van der Waals surface area contributed by atoms with Crippen LogP contribution >= 0.6 is 24.0 Å². The Kier molecular flexibility index (Phi) is 7.01. The first-order valence-corrected chi connectivity index (χ1v) is 9.50. The smallest absolute Gasteiger partial charge is 0.323 e. The van der Waals surface area contributed by atoms with Crippen molar-refractivity contribution in [2.75, 3.05) is 24.5 Å². The van der Waals surface area contributed by atoms with Gasteiger partial charge in [0.25, 0.3) is 5.91 Å². The molecule has 5 nitrogen and oxygen atoms in total. The van der Waals surface area contributed by atoms with Crippen LogP contribution in [0.1, 0.15) is 32.3 Å². The molecule has 1 aromatic rings. The number of thiocarbonyl (C=S) groups is 1. The number of thioether (sulfide) groups is 1. The van der Waals surface area contributed by atoms with Crippen molar-refractivity contribution < 1.29 is 14.7 Å². The molecule has 0 bridgehead atoms. The van der Waals surface area contributed by atoms with Gasteiger partial charge in [0.1, 0.15) is 10.9 Å². The number of carbonyl (C=O) groups excluding carboxylic acids is 1. The largest absolute Gasteiger partial charge is 0.480 e. The summed E-state index contributed by atoms with van der Waals surface area (Å²) < 4.78 is 0.285. The van der Waals surface area contributed by atoms with Crippen molar-refractivity contribution in [3.8, 4) is 0 Å². The molecular formula is C18H22N2O3S2. The van der Waals surface area contributed by atoms with E-state index >= 15 is 0 Å². The molecule has 0 atom stereocenters. The molecule has 1 saturated heterocycles. The van der Waals surface area contributed by atoms with E-state index in [9.17, 15) is 9.59 Å². The standard InChI is InChI=1S/C18H22N2O3S2/c1-3-9-19(10-4-2)14-7-5-13(6-8-14)11-15-17(23)20(12-16(21)22)18(24)25-15/h5-8,11H,3-4,9-10,12H2,1-2H3,(H,21,22)/b15-11-. The number of carboxylic acid groups (broad SMARTS) is 1. The number of amides is 1. The van der Waals surface area contributed by atoms with Gasteiger partial charge in [-0.25, -0.2) is 0 Å². The van der Waals surface area contributed by atoms with Crippen LogP contribution in [0.15, 0.2) is 29.2 Å². The van der Waals surface area contributed by atoms with Gasteiger partial charge in [0.15, 0.2) is 0 Å². The van der Waals surface area contributed by atoms with Gasteiger partial charge in [-0.3, -0.25) is 14.5 Å². The Balaban J connectivity index is 2.15. The fourth-order valence-corrected chi connectivity index (χ4v) is 3.87. The Morgan fingerprint density at radius 2 is 1.84 bits per heavy atom. The number of aliphatic carboxylic acids is 1. The third kappa shape index (κ3) is 5.06. The summed E-state index contributed by atoms with van der Waals surface area (Å²) in [5.41, 5.74) is 2.06. The third-order valence-electron chi connectivity index (χ3n) is 3.71. The van der Waals surface area contributed by atoms with Gasteiger partial charge in [0, 0.05) is 18.8 Å². The summed E-state index contributed by atoms with van der Waals surface area (Å²) >= 11 is 6.24. The minimum atomic E-state index is -1.08. The Morgan fingerprint density at radius 1 is 1.24 bits per heavy atom. The lowest BCUT2D eigenvalue weighted by atomic mass is 10.1. The van der Waals surface area contributed by atoms with Gasteiger partial charge in [-0.15, -0.1) is 0 Å². The summed E-state index contributed by atoms with van der Waals surface area (Å²) in [5.74, 6) is -1.42. The highest BCUT2D eigenvalue weighted by Gasteiger charge is 2.33. The van der Waals surface area contributed by atoms with Crippen molar-refractivity contribution in [1.29, 1.82) is 0 Å². The van der Waals surface area contributed by atoms with Crippen LogP contribution in [-0.4, -0.2) is 45.8 Å². The van der Waals surface area contributed by atoms with Crippen molar-refractivity contribution in [3.05, 3.63) is 34.7 Å². The number of anilines is 1. The van der Waals surface area contributed by atoms with E-state index < -0.39 is 12.5 Å². The summed E-state index contributed by atoms with van der Waals surface area (Å²) in [6, 6.07) is 8.04. The van der Waals surface area contributed by atoms with Crippen LogP contribution in [0.2, 0.25) is 0 Å². The molecule has 1 heterocycles. The zero-order valence-electron chi connectivity index (χ0n) is 14.4. The number of hydrogen-bond donors (Lipinski definition) is 1. The molecule has 1 fully saturated rings. The Labute approximate surface area is 157 Å². The van der Waals surface area contributed by atoms with Crippen molar-refractivity contribution in [3.63, 3.8) is 0 Å². The lowest BCUT2D eigenvalue weighted by molar-refractivity contribution is -0.140. The Bertz CT molecular complexity index is 680. The number of rotatable bonds is 8. The number of carbonyl (C=O) groups is 2. The maximum atomic E-state index is 12.3. The van der Waals surface area contributed by atoms with E-state index in [0.717, 1.165) is 48.2 Å². The summed E-state index contributed by atoms with van der Waals surface area (Å²) in [7, 11) is 0. The second-order valence-electron chi connectivity index (χ2n) is 5.74. The molecule has 0 aromatic heterocycles. The molecule has 1 amide bonds. The van der Waals surface area contributed by atoms with Crippen LogP contribution in [0, 0.1) is 0 Å². The van der Waals surface area contributed by atoms with Crippen molar-refractivity contribution in [2.24, 2.45) is 0 Å². The molecule has 2 rings (SSSR count). The zero-order chi connectivity index (χ0) is 18.4. The molecule has 1 aromatic carbocycles. The average Bonchev–Trinajstić information content (AvgIpc) is 2.82. The van der Waals surface area contributed by atoms with Crippen molar-refractivity contribution in [1.82, 2.24) is 4.90 Å².